The van der Waals surface area contributed by atoms with Gasteiger partial charge in [0.25, 0.3) is 5.91 Å². The highest BCUT2D eigenvalue weighted by Crippen LogP contribution is 2.08. The molecule has 1 N–H and O–H groups in total. The van der Waals surface area contributed by atoms with Crippen molar-refractivity contribution in [3.05, 3.63) is 42.6 Å². The third kappa shape index (κ3) is 3.17. The summed E-state index contributed by atoms with van der Waals surface area (Å²) in [4.78, 5) is 22.1. The van der Waals surface area contributed by atoms with Crippen LogP contribution in [0.2, 0.25) is 0 Å². The van der Waals surface area contributed by atoms with Crippen molar-refractivity contribution in [2.24, 2.45) is 0 Å². The Bertz CT molecular complexity index is 538. The molecule has 0 fully saturated rings. The zero-order valence-electron chi connectivity index (χ0n) is 11.1. The SMILES string of the molecule is CNCCN(C)C(=O)c1ccnc(-n2ccnc2)c1. The number of pyridine rings is 1. The van der Waals surface area contributed by atoms with Crippen molar-refractivity contribution in [3.63, 3.8) is 0 Å². The van der Waals surface area contributed by atoms with Crippen molar-refractivity contribution in [3.8, 4) is 5.82 Å². The van der Waals surface area contributed by atoms with Crippen LogP contribution in [0.15, 0.2) is 37.1 Å². The summed E-state index contributed by atoms with van der Waals surface area (Å²) in [6, 6.07) is 3.48. The van der Waals surface area contributed by atoms with Crippen molar-refractivity contribution in [1.29, 1.82) is 0 Å². The van der Waals surface area contributed by atoms with Crippen LogP contribution in [0.5, 0.6) is 0 Å². The topological polar surface area (TPSA) is 63.1 Å². The maximum atomic E-state index is 12.2. The molecule has 0 bridgehead atoms. The van der Waals surface area contributed by atoms with Crippen LogP contribution in [0, 0.1) is 0 Å². The predicted molar refractivity (Wildman–Crippen MR) is 72.2 cm³/mol. The highest BCUT2D eigenvalue weighted by molar-refractivity contribution is 5.94. The summed E-state index contributed by atoms with van der Waals surface area (Å²) in [5.41, 5.74) is 0.623. The van der Waals surface area contributed by atoms with E-state index in [1.165, 1.54) is 0 Å². The lowest BCUT2D eigenvalue weighted by atomic mass is 10.2. The van der Waals surface area contributed by atoms with Gasteiger partial charge in [0.15, 0.2) is 0 Å². The van der Waals surface area contributed by atoms with Gasteiger partial charge in [-0.2, -0.15) is 0 Å². The molecule has 0 radical (unpaired) electrons. The second kappa shape index (κ2) is 6.10. The summed E-state index contributed by atoms with van der Waals surface area (Å²) < 4.78 is 1.77. The number of amides is 1. The molecular formula is C13H17N5O. The quantitative estimate of drug-likeness (QED) is 0.852. The largest absolute Gasteiger partial charge is 0.340 e. The Morgan fingerprint density at radius 3 is 3.00 bits per heavy atom. The fourth-order valence-electron chi connectivity index (χ4n) is 1.69. The minimum absolute atomic E-state index is 0.0148. The van der Waals surface area contributed by atoms with E-state index in [9.17, 15) is 4.79 Å². The molecule has 0 unspecified atom stereocenters. The highest BCUT2D eigenvalue weighted by atomic mass is 16.2. The normalized spacial score (nSPS) is 10.4. The van der Waals surface area contributed by atoms with Crippen molar-refractivity contribution >= 4 is 5.91 Å². The van der Waals surface area contributed by atoms with E-state index in [2.05, 4.69) is 15.3 Å². The number of hydrogen-bond donors (Lipinski definition) is 1. The number of hydrogen-bond acceptors (Lipinski definition) is 4. The van der Waals surface area contributed by atoms with Gasteiger partial charge in [0.2, 0.25) is 0 Å². The Balaban J connectivity index is 2.17. The first-order valence-electron chi connectivity index (χ1n) is 6.07. The van der Waals surface area contributed by atoms with Gasteiger partial charge in [0, 0.05) is 44.3 Å². The van der Waals surface area contributed by atoms with Gasteiger partial charge < -0.3 is 10.2 Å². The van der Waals surface area contributed by atoms with Crippen molar-refractivity contribution in [2.75, 3.05) is 27.2 Å². The van der Waals surface area contributed by atoms with Crippen LogP contribution >= 0.6 is 0 Å². The van der Waals surface area contributed by atoms with E-state index in [4.69, 9.17) is 0 Å². The lowest BCUT2D eigenvalue weighted by molar-refractivity contribution is 0.0796. The van der Waals surface area contributed by atoms with Gasteiger partial charge in [-0.25, -0.2) is 9.97 Å². The molecule has 6 heteroatoms. The lowest BCUT2D eigenvalue weighted by Crippen LogP contribution is -2.32. The van der Waals surface area contributed by atoms with E-state index in [0.717, 1.165) is 6.54 Å². The minimum Gasteiger partial charge on any atom is -0.340 e. The molecule has 0 aromatic carbocycles. The number of aromatic nitrogens is 3. The molecule has 2 rings (SSSR count). The summed E-state index contributed by atoms with van der Waals surface area (Å²) in [6.45, 7) is 1.43. The monoisotopic (exact) mass is 259 g/mol. The third-order valence-electron chi connectivity index (χ3n) is 2.81. The Morgan fingerprint density at radius 1 is 1.47 bits per heavy atom. The molecule has 19 heavy (non-hydrogen) atoms. The van der Waals surface area contributed by atoms with E-state index < -0.39 is 0 Å². The fraction of sp³-hybridized carbons (Fsp3) is 0.308. The summed E-state index contributed by atoms with van der Waals surface area (Å²) in [7, 11) is 3.65. The molecule has 0 saturated heterocycles. The minimum atomic E-state index is -0.0148. The number of imidazole rings is 1. The molecule has 0 aliphatic heterocycles. The van der Waals surface area contributed by atoms with Gasteiger partial charge >= 0.3 is 0 Å². The number of nitrogens with one attached hydrogen (secondary N) is 1. The van der Waals surface area contributed by atoms with E-state index in [1.807, 2.05) is 7.05 Å². The van der Waals surface area contributed by atoms with Crippen LogP contribution in [0.1, 0.15) is 10.4 Å². The van der Waals surface area contributed by atoms with Crippen LogP contribution in [0.3, 0.4) is 0 Å². The number of rotatable bonds is 5. The summed E-state index contributed by atoms with van der Waals surface area (Å²) >= 11 is 0. The third-order valence-corrected chi connectivity index (χ3v) is 2.81. The molecule has 100 valence electrons. The number of nitrogens with zero attached hydrogens (tertiary/aromatic N) is 4. The van der Waals surface area contributed by atoms with Crippen LogP contribution in [-0.4, -0.2) is 52.5 Å². The smallest absolute Gasteiger partial charge is 0.253 e. The maximum Gasteiger partial charge on any atom is 0.253 e. The molecule has 2 heterocycles. The van der Waals surface area contributed by atoms with Crippen molar-refractivity contribution in [2.45, 2.75) is 0 Å². The van der Waals surface area contributed by atoms with Crippen LogP contribution < -0.4 is 5.32 Å². The van der Waals surface area contributed by atoms with E-state index in [1.54, 1.807) is 53.6 Å². The summed E-state index contributed by atoms with van der Waals surface area (Å²) in [5.74, 6) is 0.671. The van der Waals surface area contributed by atoms with Gasteiger partial charge in [-0.15, -0.1) is 0 Å². The van der Waals surface area contributed by atoms with Crippen LogP contribution in [-0.2, 0) is 0 Å². The molecule has 6 nitrogen and oxygen atoms in total. The summed E-state index contributed by atoms with van der Waals surface area (Å²) in [5, 5.41) is 3.02. The van der Waals surface area contributed by atoms with Crippen LogP contribution in [0.4, 0.5) is 0 Å². The first kappa shape index (κ1) is 13.2. The van der Waals surface area contributed by atoms with E-state index in [0.29, 0.717) is 17.9 Å². The van der Waals surface area contributed by atoms with Crippen LogP contribution in [0.25, 0.3) is 5.82 Å². The van der Waals surface area contributed by atoms with Gasteiger partial charge in [0.1, 0.15) is 12.1 Å². The molecule has 0 saturated carbocycles. The Kier molecular flexibility index (Phi) is 4.25. The molecule has 1 amide bonds. The van der Waals surface area contributed by atoms with Gasteiger partial charge in [-0.1, -0.05) is 0 Å². The Labute approximate surface area is 112 Å². The van der Waals surface area contributed by atoms with Gasteiger partial charge in [0.05, 0.1) is 0 Å². The fourth-order valence-corrected chi connectivity index (χ4v) is 1.69. The Hall–Kier alpha value is -2.21. The van der Waals surface area contributed by atoms with Crippen molar-refractivity contribution in [1.82, 2.24) is 24.8 Å². The lowest BCUT2D eigenvalue weighted by Gasteiger charge is -2.17. The van der Waals surface area contributed by atoms with Crippen molar-refractivity contribution < 1.29 is 4.79 Å². The second-order valence-corrected chi connectivity index (χ2v) is 4.20. The summed E-state index contributed by atoms with van der Waals surface area (Å²) in [6.07, 6.45) is 6.76. The number of likely N-dealkylation sites (N-methyl/N-ethyl adjacent to an activating group) is 2. The average Bonchev–Trinajstić information content (AvgIpc) is 2.98. The zero-order valence-corrected chi connectivity index (χ0v) is 11.1. The molecule has 0 aliphatic carbocycles. The first-order chi connectivity index (χ1) is 9.22. The molecule has 2 aromatic rings. The highest BCUT2D eigenvalue weighted by Gasteiger charge is 2.12. The molecular weight excluding hydrogens is 242 g/mol. The standard InChI is InChI=1S/C13H17N5O/c1-14-5-7-17(2)13(19)11-3-4-16-12(9-11)18-8-6-15-10-18/h3-4,6,8-10,14H,5,7H2,1-2H3. The average molecular weight is 259 g/mol. The zero-order chi connectivity index (χ0) is 13.7. The molecule has 2 aromatic heterocycles. The Morgan fingerprint density at radius 2 is 2.32 bits per heavy atom. The number of carbonyl (C=O) groups excluding carboxylic acids is 1. The number of carbonyl (C=O) groups is 1. The van der Waals surface area contributed by atoms with E-state index in [-0.39, 0.29) is 5.91 Å². The predicted octanol–water partition coefficient (Wildman–Crippen LogP) is 0.559. The molecule has 0 atom stereocenters. The van der Waals surface area contributed by atoms with Gasteiger partial charge in [-0.05, 0) is 19.2 Å². The van der Waals surface area contributed by atoms with E-state index >= 15 is 0 Å². The maximum absolute atomic E-state index is 12.2. The van der Waals surface area contributed by atoms with Gasteiger partial charge in [-0.3, -0.25) is 9.36 Å². The first-order valence-corrected chi connectivity index (χ1v) is 6.07. The molecule has 0 spiro atoms. The molecule has 0 aliphatic rings. The second-order valence-electron chi connectivity index (χ2n) is 4.20.